The molecule has 0 amide bonds. The third-order valence-electron chi connectivity index (χ3n) is 2.66. The van der Waals surface area contributed by atoms with Crippen molar-refractivity contribution in [1.29, 1.82) is 0 Å². The highest BCUT2D eigenvalue weighted by molar-refractivity contribution is 14.1. The monoisotopic (exact) mass is 392 g/mol. The van der Waals surface area contributed by atoms with E-state index in [1.54, 1.807) is 0 Å². The summed E-state index contributed by atoms with van der Waals surface area (Å²) in [5.41, 5.74) is 6.69. The van der Waals surface area contributed by atoms with Crippen LogP contribution in [0.2, 0.25) is 0 Å². The standard InChI is InChI=1S/C14H12F3IN2/c15-14(16,17)11-6-7-13(18)10(8-11)9-19-20-12-4-2-1-3-5-12/h1-8,19-20H,9H2. The smallest absolute Gasteiger partial charge is 0.321 e. The molecule has 0 unspecified atom stereocenters. The molecule has 0 aliphatic carbocycles. The molecule has 0 fully saturated rings. The molecule has 2 nitrogen and oxygen atoms in total. The zero-order chi connectivity index (χ0) is 14.6. The third kappa shape index (κ3) is 4.11. The number of alkyl halides is 3. The van der Waals surface area contributed by atoms with Gasteiger partial charge in [0.15, 0.2) is 0 Å². The summed E-state index contributed by atoms with van der Waals surface area (Å²) >= 11 is 2.02. The van der Waals surface area contributed by atoms with Crippen LogP contribution in [0.15, 0.2) is 48.5 Å². The Balaban J connectivity index is 2.02. The summed E-state index contributed by atoms with van der Waals surface area (Å²) in [7, 11) is 0. The highest BCUT2D eigenvalue weighted by Gasteiger charge is 2.30. The van der Waals surface area contributed by atoms with Gasteiger partial charge < -0.3 is 5.43 Å². The number of benzene rings is 2. The SMILES string of the molecule is FC(F)(F)c1ccc(I)c(CNNc2ccccc2)c1. The topological polar surface area (TPSA) is 24.1 Å². The van der Waals surface area contributed by atoms with Crippen LogP contribution in [-0.4, -0.2) is 0 Å². The Morgan fingerprint density at radius 3 is 2.35 bits per heavy atom. The summed E-state index contributed by atoms with van der Waals surface area (Å²) in [5.74, 6) is 0. The van der Waals surface area contributed by atoms with Gasteiger partial charge in [0.05, 0.1) is 5.56 Å². The molecule has 0 atom stereocenters. The van der Waals surface area contributed by atoms with E-state index in [-0.39, 0.29) is 0 Å². The fraction of sp³-hybridized carbons (Fsp3) is 0.143. The number of hydrogen-bond acceptors (Lipinski definition) is 2. The molecule has 2 aromatic carbocycles. The van der Waals surface area contributed by atoms with Crippen LogP contribution in [0.3, 0.4) is 0 Å². The van der Waals surface area contributed by atoms with E-state index < -0.39 is 11.7 Å². The molecule has 6 heteroatoms. The van der Waals surface area contributed by atoms with Crippen molar-refractivity contribution in [3.05, 3.63) is 63.2 Å². The fourth-order valence-electron chi connectivity index (χ4n) is 1.65. The molecule has 0 spiro atoms. The van der Waals surface area contributed by atoms with Crippen molar-refractivity contribution in [2.45, 2.75) is 12.7 Å². The van der Waals surface area contributed by atoms with Crippen molar-refractivity contribution in [3.63, 3.8) is 0 Å². The molecular weight excluding hydrogens is 380 g/mol. The summed E-state index contributed by atoms with van der Waals surface area (Å²) < 4.78 is 38.7. The number of anilines is 1. The van der Waals surface area contributed by atoms with E-state index in [0.717, 1.165) is 15.3 Å². The van der Waals surface area contributed by atoms with Gasteiger partial charge in [-0.1, -0.05) is 18.2 Å². The van der Waals surface area contributed by atoms with Crippen LogP contribution in [0.4, 0.5) is 18.9 Å². The van der Waals surface area contributed by atoms with Crippen LogP contribution in [0, 0.1) is 3.57 Å². The maximum Gasteiger partial charge on any atom is 0.416 e. The highest BCUT2D eigenvalue weighted by Crippen LogP contribution is 2.30. The summed E-state index contributed by atoms with van der Waals surface area (Å²) in [4.78, 5) is 0. The van der Waals surface area contributed by atoms with E-state index in [1.165, 1.54) is 12.1 Å². The van der Waals surface area contributed by atoms with Gasteiger partial charge in [-0.05, 0) is 58.5 Å². The number of halogens is 4. The molecule has 2 N–H and O–H groups in total. The van der Waals surface area contributed by atoms with Crippen LogP contribution in [0.5, 0.6) is 0 Å². The van der Waals surface area contributed by atoms with Crippen LogP contribution in [-0.2, 0) is 12.7 Å². The van der Waals surface area contributed by atoms with E-state index in [2.05, 4.69) is 10.9 Å². The van der Waals surface area contributed by atoms with E-state index in [4.69, 9.17) is 0 Å². The van der Waals surface area contributed by atoms with Crippen molar-refractivity contribution in [3.8, 4) is 0 Å². The normalized spacial score (nSPS) is 11.4. The van der Waals surface area contributed by atoms with Gasteiger partial charge in [-0.2, -0.15) is 13.2 Å². The van der Waals surface area contributed by atoms with Gasteiger partial charge in [-0.15, -0.1) is 0 Å². The first kappa shape index (κ1) is 15.1. The molecule has 2 aromatic rings. The number of rotatable bonds is 4. The Bertz CT molecular complexity index is 570. The molecule has 0 bridgehead atoms. The molecule has 0 aliphatic heterocycles. The predicted octanol–water partition coefficient (Wildman–Crippen LogP) is 4.43. The van der Waals surface area contributed by atoms with Gasteiger partial charge in [0.2, 0.25) is 0 Å². The maximum atomic E-state index is 12.6. The number of hydrogen-bond donors (Lipinski definition) is 2. The van der Waals surface area contributed by atoms with Gasteiger partial charge >= 0.3 is 6.18 Å². The minimum absolute atomic E-state index is 0.303. The fourth-order valence-corrected chi connectivity index (χ4v) is 2.18. The van der Waals surface area contributed by atoms with Gasteiger partial charge in [0, 0.05) is 15.8 Å². The average molecular weight is 392 g/mol. The van der Waals surface area contributed by atoms with Gasteiger partial charge in [0.25, 0.3) is 0 Å². The van der Waals surface area contributed by atoms with Crippen LogP contribution < -0.4 is 10.9 Å². The highest BCUT2D eigenvalue weighted by atomic mass is 127. The summed E-state index contributed by atoms with van der Waals surface area (Å²) in [5, 5.41) is 0. The number of hydrazine groups is 1. The Kier molecular flexibility index (Phi) is 4.87. The van der Waals surface area contributed by atoms with Gasteiger partial charge in [0.1, 0.15) is 0 Å². The molecule has 0 aliphatic rings. The van der Waals surface area contributed by atoms with Crippen molar-refractivity contribution < 1.29 is 13.2 Å². The van der Waals surface area contributed by atoms with Gasteiger partial charge in [-0.25, -0.2) is 5.43 Å². The lowest BCUT2D eigenvalue weighted by Gasteiger charge is -2.12. The third-order valence-corrected chi connectivity index (χ3v) is 3.71. The molecular formula is C14H12F3IN2. The van der Waals surface area contributed by atoms with Crippen molar-refractivity contribution >= 4 is 28.3 Å². The zero-order valence-electron chi connectivity index (χ0n) is 10.3. The Morgan fingerprint density at radius 1 is 1.00 bits per heavy atom. The molecule has 0 aromatic heterocycles. The summed E-state index contributed by atoms with van der Waals surface area (Å²) in [6, 6.07) is 13.1. The van der Waals surface area contributed by atoms with Crippen molar-refractivity contribution in [2.24, 2.45) is 0 Å². The molecule has 0 saturated carbocycles. The largest absolute Gasteiger partial charge is 0.416 e. The second-order valence-electron chi connectivity index (χ2n) is 4.15. The minimum Gasteiger partial charge on any atom is -0.321 e. The lowest BCUT2D eigenvalue weighted by molar-refractivity contribution is -0.137. The molecule has 106 valence electrons. The first-order chi connectivity index (χ1) is 9.47. The van der Waals surface area contributed by atoms with E-state index in [1.807, 2.05) is 52.9 Å². The van der Waals surface area contributed by atoms with Gasteiger partial charge in [-0.3, -0.25) is 0 Å². The average Bonchev–Trinajstić information content (AvgIpc) is 2.41. The minimum atomic E-state index is -4.31. The van der Waals surface area contributed by atoms with Crippen LogP contribution >= 0.6 is 22.6 Å². The molecule has 20 heavy (non-hydrogen) atoms. The Labute approximate surface area is 128 Å². The number of nitrogens with one attached hydrogen (secondary N) is 2. The van der Waals surface area contributed by atoms with Crippen LogP contribution in [0.1, 0.15) is 11.1 Å². The maximum absolute atomic E-state index is 12.6. The second kappa shape index (κ2) is 6.45. The number of para-hydroxylation sites is 1. The van der Waals surface area contributed by atoms with Crippen molar-refractivity contribution in [1.82, 2.24) is 5.43 Å². The predicted molar refractivity (Wildman–Crippen MR) is 81.1 cm³/mol. The molecule has 0 heterocycles. The lowest BCUT2D eigenvalue weighted by atomic mass is 10.1. The second-order valence-corrected chi connectivity index (χ2v) is 5.31. The van der Waals surface area contributed by atoms with Crippen molar-refractivity contribution in [2.75, 3.05) is 5.43 Å². The summed E-state index contributed by atoms with van der Waals surface area (Å²) in [6.07, 6.45) is -4.31. The summed E-state index contributed by atoms with van der Waals surface area (Å²) in [6.45, 7) is 0.303. The molecule has 0 radical (unpaired) electrons. The first-order valence-electron chi connectivity index (χ1n) is 5.86. The molecule has 0 saturated heterocycles. The lowest BCUT2D eigenvalue weighted by Crippen LogP contribution is -2.21. The van der Waals surface area contributed by atoms with E-state index in [0.29, 0.717) is 12.1 Å². The Morgan fingerprint density at radius 2 is 1.70 bits per heavy atom. The zero-order valence-corrected chi connectivity index (χ0v) is 12.5. The van der Waals surface area contributed by atoms with E-state index >= 15 is 0 Å². The van der Waals surface area contributed by atoms with E-state index in [9.17, 15) is 13.2 Å². The molecule has 2 rings (SSSR count). The quantitative estimate of drug-likeness (QED) is 0.595. The Hall–Kier alpha value is -1.28. The first-order valence-corrected chi connectivity index (χ1v) is 6.94. The van der Waals surface area contributed by atoms with Crippen LogP contribution in [0.25, 0.3) is 0 Å².